The lowest BCUT2D eigenvalue weighted by Crippen LogP contribution is -2.40. The number of hydrogen-bond donors (Lipinski definition) is 1. The van der Waals surface area contributed by atoms with Crippen LogP contribution in [-0.2, 0) is 14.8 Å². The number of nitrogens with one attached hydrogen (secondary N) is 1. The minimum Gasteiger partial charge on any atom is -0.455 e. The van der Waals surface area contributed by atoms with Crippen molar-refractivity contribution in [1.82, 2.24) is 4.31 Å². The number of hydrogen-bond acceptors (Lipinski definition) is 5. The second-order valence-corrected chi connectivity index (χ2v) is 9.35. The van der Waals surface area contributed by atoms with Gasteiger partial charge in [-0.05, 0) is 49.4 Å². The Morgan fingerprint density at radius 1 is 0.969 bits per heavy atom. The van der Waals surface area contributed by atoms with Crippen molar-refractivity contribution in [2.24, 2.45) is 0 Å². The third kappa shape index (κ3) is 4.99. The number of aryl methyl sites for hydroxylation is 1. The van der Waals surface area contributed by atoms with E-state index >= 15 is 0 Å². The second-order valence-electron chi connectivity index (χ2n) is 7.41. The molecule has 0 spiro atoms. The molecule has 0 unspecified atom stereocenters. The Morgan fingerprint density at radius 2 is 1.66 bits per heavy atom. The summed E-state index contributed by atoms with van der Waals surface area (Å²) in [7, 11) is -3.73. The summed E-state index contributed by atoms with van der Waals surface area (Å²) in [6.07, 6.45) is 0. The highest BCUT2D eigenvalue weighted by atomic mass is 32.2. The summed E-state index contributed by atoms with van der Waals surface area (Å²) in [5.74, 6) is 0.559. The standard InChI is InChI=1S/C24H24N2O5S/c1-18-7-9-19(10-8-18)24(27)25-22-17-21(32(28,29)26-13-15-30-16-14-26)11-12-23(22)31-20-5-3-2-4-6-20/h2-12,17H,13-16H2,1H3,(H,25,27). The molecular weight excluding hydrogens is 428 g/mol. The van der Waals surface area contributed by atoms with Gasteiger partial charge in [-0.15, -0.1) is 0 Å². The predicted molar refractivity (Wildman–Crippen MR) is 122 cm³/mol. The number of carbonyl (C=O) groups is 1. The molecule has 1 aliphatic rings. The van der Waals surface area contributed by atoms with Crippen LogP contribution in [0.5, 0.6) is 11.5 Å². The molecule has 166 valence electrons. The number of anilines is 1. The van der Waals surface area contributed by atoms with E-state index in [0.717, 1.165) is 5.56 Å². The number of amides is 1. The van der Waals surface area contributed by atoms with Gasteiger partial charge in [-0.2, -0.15) is 4.31 Å². The largest absolute Gasteiger partial charge is 0.455 e. The van der Waals surface area contributed by atoms with Crippen molar-refractivity contribution in [1.29, 1.82) is 0 Å². The van der Waals surface area contributed by atoms with Crippen LogP contribution < -0.4 is 10.1 Å². The number of benzene rings is 3. The number of carbonyl (C=O) groups excluding carboxylic acids is 1. The average Bonchev–Trinajstić information content (AvgIpc) is 2.82. The number of morpholine rings is 1. The Morgan fingerprint density at radius 3 is 2.34 bits per heavy atom. The van der Waals surface area contributed by atoms with E-state index in [1.54, 1.807) is 30.3 Å². The first kappa shape index (κ1) is 22.0. The summed E-state index contributed by atoms with van der Waals surface area (Å²) in [4.78, 5) is 12.9. The number of para-hydroxylation sites is 1. The van der Waals surface area contributed by atoms with Gasteiger partial charge in [0.25, 0.3) is 5.91 Å². The second kappa shape index (κ2) is 9.52. The van der Waals surface area contributed by atoms with Crippen LogP contribution >= 0.6 is 0 Å². The fourth-order valence-electron chi connectivity index (χ4n) is 3.31. The lowest BCUT2D eigenvalue weighted by molar-refractivity contribution is 0.0730. The highest BCUT2D eigenvalue weighted by Gasteiger charge is 2.27. The smallest absolute Gasteiger partial charge is 0.255 e. The van der Waals surface area contributed by atoms with Gasteiger partial charge in [0.2, 0.25) is 10.0 Å². The molecule has 8 heteroatoms. The van der Waals surface area contributed by atoms with E-state index in [9.17, 15) is 13.2 Å². The molecule has 0 saturated carbocycles. The van der Waals surface area contributed by atoms with Crippen LogP contribution in [-0.4, -0.2) is 44.9 Å². The van der Waals surface area contributed by atoms with Gasteiger partial charge in [-0.1, -0.05) is 35.9 Å². The van der Waals surface area contributed by atoms with Crippen molar-refractivity contribution < 1.29 is 22.7 Å². The molecule has 0 radical (unpaired) electrons. The maximum absolute atomic E-state index is 13.1. The number of ether oxygens (including phenoxy) is 2. The normalized spacial score (nSPS) is 14.7. The fraction of sp³-hybridized carbons (Fsp3) is 0.208. The quantitative estimate of drug-likeness (QED) is 0.610. The third-order valence-corrected chi connectivity index (χ3v) is 6.99. The van der Waals surface area contributed by atoms with Crippen LogP contribution in [0.2, 0.25) is 0 Å². The first-order chi connectivity index (χ1) is 15.4. The van der Waals surface area contributed by atoms with Crippen LogP contribution in [0.3, 0.4) is 0 Å². The third-order valence-electron chi connectivity index (χ3n) is 5.09. The van der Waals surface area contributed by atoms with Crippen molar-refractivity contribution in [2.45, 2.75) is 11.8 Å². The Kier molecular flexibility index (Phi) is 6.55. The monoisotopic (exact) mass is 452 g/mol. The minimum atomic E-state index is -3.73. The van der Waals surface area contributed by atoms with E-state index < -0.39 is 10.0 Å². The zero-order chi connectivity index (χ0) is 22.6. The Hall–Kier alpha value is -3.20. The van der Waals surface area contributed by atoms with Crippen LogP contribution in [0.1, 0.15) is 15.9 Å². The molecule has 1 amide bonds. The molecule has 3 aromatic carbocycles. The highest BCUT2D eigenvalue weighted by molar-refractivity contribution is 7.89. The van der Waals surface area contributed by atoms with Gasteiger partial charge in [0.1, 0.15) is 5.75 Å². The van der Waals surface area contributed by atoms with Crippen molar-refractivity contribution in [3.05, 3.63) is 83.9 Å². The topological polar surface area (TPSA) is 84.9 Å². The van der Waals surface area contributed by atoms with E-state index in [4.69, 9.17) is 9.47 Å². The van der Waals surface area contributed by atoms with Crippen molar-refractivity contribution in [3.8, 4) is 11.5 Å². The molecule has 1 aliphatic heterocycles. The molecule has 1 heterocycles. The predicted octanol–water partition coefficient (Wildman–Crippen LogP) is 4.06. The van der Waals surface area contributed by atoms with Gasteiger partial charge in [0, 0.05) is 18.7 Å². The Bertz CT molecular complexity index is 1190. The van der Waals surface area contributed by atoms with E-state index in [0.29, 0.717) is 30.3 Å². The SMILES string of the molecule is Cc1ccc(C(=O)Nc2cc(S(=O)(=O)N3CCOCC3)ccc2Oc2ccccc2)cc1. The number of rotatable bonds is 6. The van der Waals surface area contributed by atoms with Crippen LogP contribution in [0.25, 0.3) is 0 Å². The molecule has 32 heavy (non-hydrogen) atoms. The first-order valence-electron chi connectivity index (χ1n) is 10.3. The van der Waals surface area contributed by atoms with Crippen LogP contribution in [0.15, 0.2) is 77.7 Å². The van der Waals surface area contributed by atoms with Gasteiger partial charge < -0.3 is 14.8 Å². The number of sulfonamides is 1. The van der Waals surface area contributed by atoms with Gasteiger partial charge in [-0.25, -0.2) is 8.42 Å². The van der Waals surface area contributed by atoms with E-state index in [-0.39, 0.29) is 29.6 Å². The summed E-state index contributed by atoms with van der Waals surface area (Å²) in [5.41, 5.74) is 1.77. The zero-order valence-electron chi connectivity index (χ0n) is 17.7. The molecule has 1 saturated heterocycles. The lowest BCUT2D eigenvalue weighted by Gasteiger charge is -2.26. The molecule has 1 fully saturated rings. The molecule has 4 rings (SSSR count). The van der Waals surface area contributed by atoms with Crippen molar-refractivity contribution in [3.63, 3.8) is 0 Å². The van der Waals surface area contributed by atoms with Crippen molar-refractivity contribution >= 4 is 21.6 Å². The van der Waals surface area contributed by atoms with Gasteiger partial charge in [-0.3, -0.25) is 4.79 Å². The summed E-state index contributed by atoms with van der Waals surface area (Å²) >= 11 is 0. The zero-order valence-corrected chi connectivity index (χ0v) is 18.5. The Balaban J connectivity index is 1.68. The molecule has 7 nitrogen and oxygen atoms in total. The molecular formula is C24H24N2O5S. The first-order valence-corrected chi connectivity index (χ1v) is 11.7. The van der Waals surface area contributed by atoms with Crippen LogP contribution in [0, 0.1) is 6.92 Å². The molecule has 0 bridgehead atoms. The minimum absolute atomic E-state index is 0.0824. The fourth-order valence-corrected chi connectivity index (χ4v) is 4.74. The van der Waals surface area contributed by atoms with Gasteiger partial charge >= 0.3 is 0 Å². The van der Waals surface area contributed by atoms with Gasteiger partial charge in [0.05, 0.1) is 23.8 Å². The number of nitrogens with zero attached hydrogens (tertiary/aromatic N) is 1. The Labute approximate surface area is 187 Å². The lowest BCUT2D eigenvalue weighted by atomic mass is 10.1. The summed E-state index contributed by atoms with van der Waals surface area (Å²) in [6, 6.07) is 20.7. The summed E-state index contributed by atoms with van der Waals surface area (Å²) < 4.78 is 38.8. The van der Waals surface area contributed by atoms with E-state index in [1.807, 2.05) is 37.3 Å². The molecule has 3 aromatic rings. The van der Waals surface area contributed by atoms with Crippen LogP contribution in [0.4, 0.5) is 5.69 Å². The van der Waals surface area contributed by atoms with Gasteiger partial charge in [0.15, 0.2) is 5.75 Å². The van der Waals surface area contributed by atoms with Crippen molar-refractivity contribution in [2.75, 3.05) is 31.6 Å². The van der Waals surface area contributed by atoms with E-state index in [1.165, 1.54) is 16.4 Å². The molecule has 1 N–H and O–H groups in total. The molecule has 0 atom stereocenters. The maximum atomic E-state index is 13.1. The molecule has 0 aliphatic carbocycles. The summed E-state index contributed by atoms with van der Waals surface area (Å²) in [5, 5.41) is 2.81. The maximum Gasteiger partial charge on any atom is 0.255 e. The average molecular weight is 453 g/mol. The highest BCUT2D eigenvalue weighted by Crippen LogP contribution is 2.33. The van der Waals surface area contributed by atoms with E-state index in [2.05, 4.69) is 5.32 Å². The molecule has 0 aromatic heterocycles. The summed E-state index contributed by atoms with van der Waals surface area (Å²) in [6.45, 7) is 3.22.